The van der Waals surface area contributed by atoms with Gasteiger partial charge in [0, 0.05) is 46.3 Å². The van der Waals surface area contributed by atoms with Gasteiger partial charge in [0.05, 0.1) is 17.2 Å². The molecular formula is C17H26ClIN4O2. The third kappa shape index (κ3) is 6.99. The molecule has 1 aromatic rings. The van der Waals surface area contributed by atoms with Crippen molar-refractivity contribution in [2.45, 2.75) is 6.42 Å². The molecule has 0 aromatic heterocycles. The molecule has 0 bridgehead atoms. The van der Waals surface area contributed by atoms with Crippen molar-refractivity contribution in [2.75, 3.05) is 46.9 Å². The number of guanidine groups is 1. The van der Waals surface area contributed by atoms with E-state index in [2.05, 4.69) is 20.5 Å². The summed E-state index contributed by atoms with van der Waals surface area (Å²) in [6, 6.07) is 7.01. The largest absolute Gasteiger partial charge is 0.381 e. The van der Waals surface area contributed by atoms with Crippen molar-refractivity contribution in [3.63, 3.8) is 0 Å². The summed E-state index contributed by atoms with van der Waals surface area (Å²) in [6.45, 7) is 3.65. The fraction of sp³-hybridized carbons (Fsp3) is 0.529. The first-order valence-electron chi connectivity index (χ1n) is 8.14. The van der Waals surface area contributed by atoms with Gasteiger partial charge in [0.1, 0.15) is 0 Å². The van der Waals surface area contributed by atoms with Gasteiger partial charge in [-0.15, -0.1) is 24.0 Å². The molecule has 0 spiro atoms. The number of hydrogen-bond donors (Lipinski definition) is 2. The summed E-state index contributed by atoms with van der Waals surface area (Å²) in [5, 5.41) is 6.56. The minimum atomic E-state index is -0.172. The highest BCUT2D eigenvalue weighted by atomic mass is 127. The van der Waals surface area contributed by atoms with Crippen LogP contribution in [-0.4, -0.2) is 63.7 Å². The molecule has 2 rings (SSSR count). The summed E-state index contributed by atoms with van der Waals surface area (Å²) in [5.41, 5.74) is 0.488. The molecule has 6 nitrogen and oxygen atoms in total. The molecule has 25 heavy (non-hydrogen) atoms. The summed E-state index contributed by atoms with van der Waals surface area (Å²) in [5.74, 6) is 1.19. The van der Waals surface area contributed by atoms with Crippen molar-refractivity contribution < 1.29 is 9.53 Å². The third-order valence-corrected chi connectivity index (χ3v) is 4.27. The monoisotopic (exact) mass is 480 g/mol. The molecule has 2 N–H and O–H groups in total. The highest BCUT2D eigenvalue weighted by Crippen LogP contribution is 2.14. The quantitative estimate of drug-likeness (QED) is 0.284. The van der Waals surface area contributed by atoms with E-state index < -0.39 is 0 Å². The van der Waals surface area contributed by atoms with Crippen LogP contribution in [0.1, 0.15) is 16.8 Å². The molecule has 1 unspecified atom stereocenters. The summed E-state index contributed by atoms with van der Waals surface area (Å²) in [7, 11) is 3.77. The molecule has 0 aliphatic carbocycles. The van der Waals surface area contributed by atoms with Crippen LogP contribution in [0.25, 0.3) is 0 Å². The van der Waals surface area contributed by atoms with E-state index in [4.69, 9.17) is 16.3 Å². The first-order chi connectivity index (χ1) is 11.6. The Bertz CT molecular complexity index is 580. The van der Waals surface area contributed by atoms with E-state index in [1.807, 2.05) is 7.05 Å². The normalized spacial score (nSPS) is 16.9. The van der Waals surface area contributed by atoms with E-state index in [-0.39, 0.29) is 29.9 Å². The van der Waals surface area contributed by atoms with Gasteiger partial charge in [0.25, 0.3) is 5.91 Å². The minimum Gasteiger partial charge on any atom is -0.381 e. The predicted octanol–water partition coefficient (Wildman–Crippen LogP) is 2.23. The predicted molar refractivity (Wildman–Crippen MR) is 112 cm³/mol. The van der Waals surface area contributed by atoms with E-state index in [9.17, 15) is 4.79 Å². The maximum absolute atomic E-state index is 12.1. The molecule has 1 heterocycles. The zero-order valence-electron chi connectivity index (χ0n) is 14.6. The molecule has 0 radical (unpaired) electrons. The van der Waals surface area contributed by atoms with E-state index in [0.717, 1.165) is 32.1 Å². The fourth-order valence-corrected chi connectivity index (χ4v) is 2.90. The first kappa shape index (κ1) is 22.0. The average molecular weight is 481 g/mol. The number of benzene rings is 1. The molecule has 1 amide bonds. The third-order valence-electron chi connectivity index (χ3n) is 3.94. The minimum absolute atomic E-state index is 0. The number of nitrogens with zero attached hydrogens (tertiary/aromatic N) is 2. The molecule has 140 valence electrons. The fourth-order valence-electron chi connectivity index (χ4n) is 2.68. The molecule has 1 aliphatic heterocycles. The second kappa shape index (κ2) is 11.5. The second-order valence-corrected chi connectivity index (χ2v) is 6.23. The van der Waals surface area contributed by atoms with Crippen LogP contribution in [0.5, 0.6) is 0 Å². The van der Waals surface area contributed by atoms with Gasteiger partial charge in [-0.05, 0) is 18.6 Å². The lowest BCUT2D eigenvalue weighted by Gasteiger charge is -2.24. The van der Waals surface area contributed by atoms with E-state index in [0.29, 0.717) is 29.6 Å². The lowest BCUT2D eigenvalue weighted by Crippen LogP contribution is -2.44. The van der Waals surface area contributed by atoms with Crippen LogP contribution in [0.15, 0.2) is 29.3 Å². The van der Waals surface area contributed by atoms with Crippen LogP contribution in [0.3, 0.4) is 0 Å². The zero-order chi connectivity index (χ0) is 17.4. The summed E-state index contributed by atoms with van der Waals surface area (Å²) in [6.07, 6.45) is 1.09. The van der Waals surface area contributed by atoms with Crippen molar-refractivity contribution in [3.8, 4) is 0 Å². The van der Waals surface area contributed by atoms with Gasteiger partial charge in [-0.25, -0.2) is 0 Å². The Balaban J connectivity index is 0.00000312. The van der Waals surface area contributed by atoms with Crippen molar-refractivity contribution in [1.29, 1.82) is 0 Å². The number of halogens is 2. The van der Waals surface area contributed by atoms with Crippen molar-refractivity contribution >= 4 is 47.4 Å². The number of aliphatic imine (C=N–C) groups is 1. The number of rotatable bonds is 6. The van der Waals surface area contributed by atoms with Crippen LogP contribution in [0.4, 0.5) is 0 Å². The van der Waals surface area contributed by atoms with E-state index in [1.54, 1.807) is 31.3 Å². The Morgan fingerprint density at radius 3 is 2.72 bits per heavy atom. The summed E-state index contributed by atoms with van der Waals surface area (Å²) < 4.78 is 5.40. The van der Waals surface area contributed by atoms with Gasteiger partial charge in [-0.1, -0.05) is 23.7 Å². The smallest absolute Gasteiger partial charge is 0.252 e. The SMILES string of the molecule is CN=C(NCCNC(=O)c1ccccc1Cl)N(C)CC1CCOC1.I. The van der Waals surface area contributed by atoms with Crippen LogP contribution in [0.2, 0.25) is 5.02 Å². The highest BCUT2D eigenvalue weighted by molar-refractivity contribution is 14.0. The van der Waals surface area contributed by atoms with Gasteiger partial charge in [0.15, 0.2) is 5.96 Å². The molecule has 8 heteroatoms. The molecule has 1 atom stereocenters. The maximum atomic E-state index is 12.1. The number of amides is 1. The molecule has 1 aromatic carbocycles. The molecular weight excluding hydrogens is 455 g/mol. The van der Waals surface area contributed by atoms with Crippen LogP contribution in [-0.2, 0) is 4.74 Å². The van der Waals surface area contributed by atoms with Gasteiger partial charge in [0.2, 0.25) is 0 Å². The number of nitrogens with one attached hydrogen (secondary N) is 2. The topological polar surface area (TPSA) is 66.0 Å². The van der Waals surface area contributed by atoms with Gasteiger partial charge >= 0.3 is 0 Å². The van der Waals surface area contributed by atoms with Gasteiger partial charge in [-0.3, -0.25) is 9.79 Å². The first-order valence-corrected chi connectivity index (χ1v) is 8.52. The maximum Gasteiger partial charge on any atom is 0.252 e. The molecule has 1 saturated heterocycles. The second-order valence-electron chi connectivity index (χ2n) is 5.82. The van der Waals surface area contributed by atoms with Crippen LogP contribution < -0.4 is 10.6 Å². The number of carbonyl (C=O) groups is 1. The lowest BCUT2D eigenvalue weighted by molar-refractivity contribution is 0.0954. The van der Waals surface area contributed by atoms with Crippen molar-refractivity contribution in [2.24, 2.45) is 10.9 Å². The lowest BCUT2D eigenvalue weighted by atomic mass is 10.1. The summed E-state index contributed by atoms with van der Waals surface area (Å²) in [4.78, 5) is 18.4. The van der Waals surface area contributed by atoms with Crippen molar-refractivity contribution in [3.05, 3.63) is 34.9 Å². The van der Waals surface area contributed by atoms with Crippen LogP contribution >= 0.6 is 35.6 Å². The Morgan fingerprint density at radius 2 is 2.08 bits per heavy atom. The van der Waals surface area contributed by atoms with E-state index >= 15 is 0 Å². The Kier molecular flexibility index (Phi) is 10.1. The standard InChI is InChI=1S/C17H25ClN4O2.HI/c1-19-17(22(2)11-13-7-10-24-12-13)21-9-8-20-16(23)14-5-3-4-6-15(14)18;/h3-6,13H,7-12H2,1-2H3,(H,19,21)(H,20,23);1H. The number of ether oxygens (including phenoxy) is 1. The van der Waals surface area contributed by atoms with Gasteiger partial charge in [-0.2, -0.15) is 0 Å². The highest BCUT2D eigenvalue weighted by Gasteiger charge is 2.19. The summed E-state index contributed by atoms with van der Waals surface area (Å²) >= 11 is 6.01. The molecule has 1 aliphatic rings. The van der Waals surface area contributed by atoms with E-state index in [1.165, 1.54) is 0 Å². The Morgan fingerprint density at radius 1 is 1.36 bits per heavy atom. The Hall–Kier alpha value is -1.06. The van der Waals surface area contributed by atoms with Crippen molar-refractivity contribution in [1.82, 2.24) is 15.5 Å². The number of carbonyl (C=O) groups excluding carboxylic acids is 1. The van der Waals surface area contributed by atoms with Gasteiger partial charge < -0.3 is 20.3 Å². The Labute approximate surface area is 171 Å². The van der Waals surface area contributed by atoms with Crippen LogP contribution in [0, 0.1) is 5.92 Å². The molecule has 0 saturated carbocycles. The number of hydrogen-bond acceptors (Lipinski definition) is 3. The average Bonchev–Trinajstić information content (AvgIpc) is 3.08. The molecule has 1 fully saturated rings. The zero-order valence-corrected chi connectivity index (χ0v) is 17.7.